The van der Waals surface area contributed by atoms with Crippen LogP contribution in [0.5, 0.6) is 0 Å². The van der Waals surface area contributed by atoms with E-state index in [4.69, 9.17) is 0 Å². The van der Waals surface area contributed by atoms with Crippen LogP contribution in [0.4, 0.5) is 0 Å². The van der Waals surface area contributed by atoms with Crippen LogP contribution in [0.1, 0.15) is 36.4 Å². The second-order valence-corrected chi connectivity index (χ2v) is 10.5. The molecule has 1 aromatic heterocycles. The number of rotatable bonds is 4. The van der Waals surface area contributed by atoms with Crippen molar-refractivity contribution in [3.63, 3.8) is 0 Å². The molecule has 0 aliphatic heterocycles. The van der Waals surface area contributed by atoms with Crippen LogP contribution >= 0.6 is 0 Å². The highest BCUT2D eigenvalue weighted by atomic mass is 32.2. The summed E-state index contributed by atoms with van der Waals surface area (Å²) < 4.78 is 30.8. The lowest BCUT2D eigenvalue weighted by Crippen LogP contribution is -2.49. The zero-order valence-electron chi connectivity index (χ0n) is 18.3. The van der Waals surface area contributed by atoms with Crippen LogP contribution in [0.2, 0.25) is 0 Å². The maximum atomic E-state index is 13.0. The number of aliphatic hydroxyl groups is 1. The molecule has 168 valence electrons. The molecule has 33 heavy (non-hydrogen) atoms. The number of aryl methyl sites for hydroxylation is 1. The van der Waals surface area contributed by atoms with Gasteiger partial charge in [-0.3, -0.25) is 0 Å². The van der Waals surface area contributed by atoms with E-state index in [0.717, 1.165) is 40.2 Å². The third kappa shape index (κ3) is 3.80. The van der Waals surface area contributed by atoms with Gasteiger partial charge in [-0.05, 0) is 62.6 Å². The van der Waals surface area contributed by atoms with E-state index in [9.17, 15) is 18.8 Å². The molecule has 3 atom stereocenters. The Morgan fingerprint density at radius 1 is 1.00 bits per heavy atom. The number of fused-ring (bicyclic) bond motifs is 3. The van der Waals surface area contributed by atoms with Gasteiger partial charge in [0.15, 0.2) is 0 Å². The Balaban J connectivity index is 1.54. The van der Waals surface area contributed by atoms with E-state index in [-0.39, 0.29) is 10.9 Å². The Labute approximate surface area is 193 Å². The second kappa shape index (κ2) is 8.31. The normalized spacial score (nSPS) is 21.3. The predicted octanol–water partition coefficient (Wildman–Crippen LogP) is 4.41. The number of nitriles is 1. The lowest BCUT2D eigenvalue weighted by molar-refractivity contribution is 0.0547. The maximum absolute atomic E-state index is 13.0. The van der Waals surface area contributed by atoms with Gasteiger partial charge in [0.25, 0.3) is 0 Å². The molecule has 0 unspecified atom stereocenters. The van der Waals surface area contributed by atoms with Crippen LogP contribution in [0.15, 0.2) is 71.6 Å². The number of benzene rings is 3. The van der Waals surface area contributed by atoms with Crippen molar-refractivity contribution in [3.05, 3.63) is 77.9 Å². The summed E-state index contributed by atoms with van der Waals surface area (Å²) in [5, 5.41) is 22.7. The largest absolute Gasteiger partial charge is 0.389 e. The van der Waals surface area contributed by atoms with Crippen molar-refractivity contribution in [2.75, 3.05) is 0 Å². The fraction of sp³-hybridized carbons (Fsp3) is 0.269. The van der Waals surface area contributed by atoms with E-state index >= 15 is 0 Å². The average Bonchev–Trinajstić information content (AvgIpc) is 3.14. The molecular formula is C26H25N3O3S. The molecule has 1 fully saturated rings. The lowest BCUT2D eigenvalue weighted by atomic mass is 9.88. The Morgan fingerprint density at radius 2 is 1.73 bits per heavy atom. The molecule has 0 bridgehead atoms. The smallest absolute Gasteiger partial charge is 0.240 e. The van der Waals surface area contributed by atoms with E-state index in [1.807, 2.05) is 43.3 Å². The van der Waals surface area contributed by atoms with Crippen molar-refractivity contribution < 1.29 is 13.5 Å². The first-order chi connectivity index (χ1) is 15.9. The van der Waals surface area contributed by atoms with Crippen molar-refractivity contribution in [1.29, 1.82) is 5.26 Å². The molecule has 7 heteroatoms. The molecule has 1 aliphatic carbocycles. The lowest BCUT2D eigenvalue weighted by Gasteiger charge is -2.36. The highest BCUT2D eigenvalue weighted by molar-refractivity contribution is 7.89. The number of aliphatic hydroxyl groups excluding tert-OH is 1. The van der Waals surface area contributed by atoms with Gasteiger partial charge in [-0.25, -0.2) is 13.1 Å². The van der Waals surface area contributed by atoms with E-state index in [1.165, 1.54) is 0 Å². The molecule has 1 saturated carbocycles. The van der Waals surface area contributed by atoms with Gasteiger partial charge in [-0.15, -0.1) is 0 Å². The Hall–Kier alpha value is -3.18. The quantitative estimate of drug-likeness (QED) is 0.473. The van der Waals surface area contributed by atoms with Gasteiger partial charge < -0.3 is 9.67 Å². The third-order valence-electron chi connectivity index (χ3n) is 6.63. The summed E-state index contributed by atoms with van der Waals surface area (Å²) in [5.41, 5.74) is 3.46. The topological polar surface area (TPSA) is 95.1 Å². The van der Waals surface area contributed by atoms with Gasteiger partial charge in [0.05, 0.1) is 34.7 Å². The highest BCUT2D eigenvalue weighted by Crippen LogP contribution is 2.38. The number of aromatic nitrogens is 1. The first-order valence-corrected chi connectivity index (χ1v) is 12.6. The molecule has 2 N–H and O–H groups in total. The molecule has 0 radical (unpaired) electrons. The third-order valence-corrected chi connectivity index (χ3v) is 8.14. The molecule has 6 nitrogen and oxygen atoms in total. The van der Waals surface area contributed by atoms with Crippen molar-refractivity contribution in [3.8, 4) is 6.07 Å². The summed E-state index contributed by atoms with van der Waals surface area (Å²) in [6.45, 7) is 1.91. The van der Waals surface area contributed by atoms with E-state index in [2.05, 4.69) is 15.4 Å². The van der Waals surface area contributed by atoms with Crippen LogP contribution in [0.3, 0.4) is 0 Å². The zero-order chi connectivity index (χ0) is 23.2. The predicted molar refractivity (Wildman–Crippen MR) is 128 cm³/mol. The molecule has 4 aromatic rings. The van der Waals surface area contributed by atoms with E-state index < -0.39 is 22.2 Å². The molecule has 0 spiro atoms. The zero-order valence-corrected chi connectivity index (χ0v) is 19.1. The maximum Gasteiger partial charge on any atom is 0.240 e. The minimum atomic E-state index is -3.75. The van der Waals surface area contributed by atoms with Crippen LogP contribution in [-0.2, 0) is 10.0 Å². The van der Waals surface area contributed by atoms with Gasteiger partial charge in [-0.2, -0.15) is 5.26 Å². The Morgan fingerprint density at radius 3 is 2.48 bits per heavy atom. The standard InChI is InChI=1S/C26H25N3O3S/c1-17-9-12-19(13-10-17)33(31,32)28-22-6-4-8-25(26(22)30)29-23-7-3-2-5-20(23)21-15-18(16-27)11-14-24(21)29/h2-3,5,7,9-15,22,25-26,28,30H,4,6,8H2,1H3/t22-,25+,26+/m1/s1. The Kier molecular flexibility index (Phi) is 5.45. The summed E-state index contributed by atoms with van der Waals surface area (Å²) in [5.74, 6) is 0. The van der Waals surface area contributed by atoms with Gasteiger partial charge in [0.2, 0.25) is 10.0 Å². The number of hydrogen-bond donors (Lipinski definition) is 2. The number of hydrogen-bond acceptors (Lipinski definition) is 4. The summed E-state index contributed by atoms with van der Waals surface area (Å²) in [6.07, 6.45) is 1.19. The van der Waals surface area contributed by atoms with Crippen molar-refractivity contribution in [2.45, 2.75) is 49.3 Å². The minimum absolute atomic E-state index is 0.198. The molecule has 0 saturated heterocycles. The highest BCUT2D eigenvalue weighted by Gasteiger charge is 2.36. The van der Waals surface area contributed by atoms with E-state index in [0.29, 0.717) is 12.0 Å². The molecule has 1 aliphatic rings. The first kappa shape index (κ1) is 21.7. The molecule has 5 rings (SSSR count). The van der Waals surface area contributed by atoms with Crippen LogP contribution in [-0.4, -0.2) is 30.2 Å². The number of nitrogens with zero attached hydrogens (tertiary/aromatic N) is 2. The van der Waals surface area contributed by atoms with Crippen molar-refractivity contribution >= 4 is 31.8 Å². The molecular weight excluding hydrogens is 434 g/mol. The SMILES string of the molecule is Cc1ccc(S(=O)(=O)N[C@@H]2CCC[C@H](n3c4ccccc4c4cc(C#N)ccc43)[C@H]2O)cc1. The fourth-order valence-corrected chi connectivity index (χ4v) is 6.27. The van der Waals surface area contributed by atoms with Gasteiger partial charge in [0, 0.05) is 21.8 Å². The van der Waals surface area contributed by atoms with E-state index in [1.54, 1.807) is 30.3 Å². The summed E-state index contributed by atoms with van der Waals surface area (Å²) in [4.78, 5) is 0.198. The van der Waals surface area contributed by atoms with Crippen LogP contribution in [0, 0.1) is 18.3 Å². The number of para-hydroxylation sites is 1. The minimum Gasteiger partial charge on any atom is -0.389 e. The first-order valence-electron chi connectivity index (χ1n) is 11.1. The van der Waals surface area contributed by atoms with Crippen molar-refractivity contribution in [1.82, 2.24) is 9.29 Å². The number of sulfonamides is 1. The summed E-state index contributed by atoms with van der Waals surface area (Å²) in [7, 11) is -3.75. The van der Waals surface area contributed by atoms with Gasteiger partial charge in [0.1, 0.15) is 0 Å². The van der Waals surface area contributed by atoms with Gasteiger partial charge in [-0.1, -0.05) is 35.9 Å². The summed E-state index contributed by atoms with van der Waals surface area (Å²) >= 11 is 0. The van der Waals surface area contributed by atoms with Crippen LogP contribution < -0.4 is 4.72 Å². The summed E-state index contributed by atoms with van der Waals surface area (Å²) in [6, 6.07) is 21.5. The monoisotopic (exact) mass is 459 g/mol. The fourth-order valence-electron chi connectivity index (χ4n) is 4.98. The van der Waals surface area contributed by atoms with Gasteiger partial charge >= 0.3 is 0 Å². The average molecular weight is 460 g/mol. The molecule has 0 amide bonds. The Bertz CT molecular complexity index is 1480. The van der Waals surface area contributed by atoms with Crippen molar-refractivity contribution in [2.24, 2.45) is 0 Å². The number of nitrogens with one attached hydrogen (secondary N) is 1. The molecule has 3 aromatic carbocycles. The van der Waals surface area contributed by atoms with Crippen LogP contribution in [0.25, 0.3) is 21.8 Å². The second-order valence-electron chi connectivity index (χ2n) is 8.76. The molecule has 1 heterocycles.